The second-order valence-corrected chi connectivity index (χ2v) is 6.41. The van der Waals surface area contributed by atoms with Gasteiger partial charge in [-0.1, -0.05) is 50.0 Å². The minimum atomic E-state index is -0.363. The zero-order valence-corrected chi connectivity index (χ0v) is 13.1. The predicted molar refractivity (Wildman–Crippen MR) is 80.0 cm³/mol. The zero-order valence-electron chi connectivity index (χ0n) is 11.5. The molecule has 2 aromatic rings. The molecular weight excluding hydrogens is 298 g/mol. The van der Waals surface area contributed by atoms with Gasteiger partial charge in [-0.3, -0.25) is 0 Å². The van der Waals surface area contributed by atoms with E-state index in [-0.39, 0.29) is 17.7 Å². The summed E-state index contributed by atoms with van der Waals surface area (Å²) in [6, 6.07) is 6.32. The fraction of sp³-hybridized carbons (Fsp3) is 0.333. The van der Waals surface area contributed by atoms with Gasteiger partial charge in [0.15, 0.2) is 0 Å². The molecule has 0 bridgehead atoms. The van der Waals surface area contributed by atoms with Crippen LogP contribution in [0.15, 0.2) is 24.3 Å². The minimum Gasteiger partial charge on any atom is -0.237 e. The van der Waals surface area contributed by atoms with Crippen LogP contribution in [0.2, 0.25) is 10.2 Å². The highest BCUT2D eigenvalue weighted by molar-refractivity contribution is 6.31. The summed E-state index contributed by atoms with van der Waals surface area (Å²) in [7, 11) is 0. The van der Waals surface area contributed by atoms with E-state index in [9.17, 15) is 4.39 Å². The Hall–Kier alpha value is -1.19. The summed E-state index contributed by atoms with van der Waals surface area (Å²) in [6.07, 6.45) is 0.217. The fourth-order valence-corrected chi connectivity index (χ4v) is 2.22. The number of halogens is 3. The third-order valence-electron chi connectivity index (χ3n) is 2.91. The molecule has 0 radical (unpaired) electrons. The Morgan fingerprint density at radius 3 is 2.45 bits per heavy atom. The van der Waals surface area contributed by atoms with E-state index in [1.54, 1.807) is 18.2 Å². The Bertz CT molecular complexity index is 616. The zero-order chi connectivity index (χ0) is 14.9. The van der Waals surface area contributed by atoms with Gasteiger partial charge in [0.05, 0.1) is 5.69 Å². The maximum atomic E-state index is 13.8. The fourth-order valence-electron chi connectivity index (χ4n) is 1.79. The summed E-state index contributed by atoms with van der Waals surface area (Å²) >= 11 is 12.0. The van der Waals surface area contributed by atoms with Gasteiger partial charge in [0, 0.05) is 22.4 Å². The Balaban J connectivity index is 2.42. The number of rotatable bonds is 2. The van der Waals surface area contributed by atoms with Crippen LogP contribution >= 0.6 is 23.2 Å². The Kier molecular flexibility index (Phi) is 4.31. The molecule has 0 aliphatic heterocycles. The second-order valence-electron chi connectivity index (χ2n) is 5.62. The van der Waals surface area contributed by atoms with E-state index in [4.69, 9.17) is 23.2 Å². The average molecular weight is 313 g/mol. The van der Waals surface area contributed by atoms with Crippen LogP contribution < -0.4 is 0 Å². The van der Waals surface area contributed by atoms with E-state index in [0.717, 1.165) is 5.69 Å². The molecule has 0 N–H and O–H groups in total. The van der Waals surface area contributed by atoms with E-state index in [0.29, 0.717) is 21.6 Å². The summed E-state index contributed by atoms with van der Waals surface area (Å²) in [5.41, 5.74) is 1.05. The molecule has 0 spiro atoms. The standard InChI is InChI=1S/C15H15Cl2FN2/c1-15(2,3)12-8-13(17)20-14(19-12)7-9-10(16)5-4-6-11(9)18/h4-6,8H,7H2,1-3H3. The normalized spacial score (nSPS) is 11.7. The second kappa shape index (κ2) is 5.66. The first-order valence-electron chi connectivity index (χ1n) is 6.24. The van der Waals surface area contributed by atoms with Crippen molar-refractivity contribution >= 4 is 23.2 Å². The van der Waals surface area contributed by atoms with Crippen LogP contribution in [0.4, 0.5) is 4.39 Å². The number of benzene rings is 1. The van der Waals surface area contributed by atoms with Crippen molar-refractivity contribution in [1.29, 1.82) is 0 Å². The molecule has 20 heavy (non-hydrogen) atoms. The largest absolute Gasteiger partial charge is 0.237 e. The van der Waals surface area contributed by atoms with E-state index >= 15 is 0 Å². The lowest BCUT2D eigenvalue weighted by Gasteiger charge is -2.18. The molecule has 0 fully saturated rings. The summed E-state index contributed by atoms with van der Waals surface area (Å²) in [5, 5.41) is 0.721. The molecule has 106 valence electrons. The molecule has 0 atom stereocenters. The highest BCUT2D eigenvalue weighted by Gasteiger charge is 2.18. The number of hydrogen-bond donors (Lipinski definition) is 0. The van der Waals surface area contributed by atoms with Crippen LogP contribution in [0.5, 0.6) is 0 Å². The van der Waals surface area contributed by atoms with Gasteiger partial charge in [0.25, 0.3) is 0 Å². The molecule has 2 rings (SSSR count). The van der Waals surface area contributed by atoms with Crippen molar-refractivity contribution in [3.63, 3.8) is 0 Å². The predicted octanol–water partition coefficient (Wildman–Crippen LogP) is 4.81. The summed E-state index contributed by atoms with van der Waals surface area (Å²) in [5.74, 6) is 0.104. The molecule has 0 aliphatic rings. The molecule has 0 aliphatic carbocycles. The van der Waals surface area contributed by atoms with Crippen molar-refractivity contribution in [2.75, 3.05) is 0 Å². The maximum Gasteiger partial charge on any atom is 0.134 e. The van der Waals surface area contributed by atoms with Crippen LogP contribution in [0.25, 0.3) is 0 Å². The topological polar surface area (TPSA) is 25.8 Å². The molecule has 0 unspecified atom stereocenters. The van der Waals surface area contributed by atoms with Crippen molar-refractivity contribution in [3.8, 4) is 0 Å². The molecule has 1 aromatic carbocycles. The maximum absolute atomic E-state index is 13.8. The highest BCUT2D eigenvalue weighted by atomic mass is 35.5. The lowest BCUT2D eigenvalue weighted by atomic mass is 9.92. The van der Waals surface area contributed by atoms with Crippen LogP contribution in [0, 0.1) is 5.82 Å². The van der Waals surface area contributed by atoms with Crippen LogP contribution in [0.3, 0.4) is 0 Å². The summed E-state index contributed by atoms with van der Waals surface area (Å²) in [6.45, 7) is 6.10. The molecule has 0 amide bonds. The minimum absolute atomic E-state index is 0.152. The lowest BCUT2D eigenvalue weighted by molar-refractivity contribution is 0.561. The van der Waals surface area contributed by atoms with Crippen molar-refractivity contribution in [3.05, 3.63) is 57.3 Å². The molecular formula is C15H15Cl2FN2. The third kappa shape index (κ3) is 3.47. The summed E-state index contributed by atoms with van der Waals surface area (Å²) < 4.78 is 13.8. The van der Waals surface area contributed by atoms with Gasteiger partial charge in [-0.05, 0) is 18.2 Å². The Labute approximate surface area is 128 Å². The number of nitrogens with zero attached hydrogens (tertiary/aromatic N) is 2. The van der Waals surface area contributed by atoms with Gasteiger partial charge >= 0.3 is 0 Å². The van der Waals surface area contributed by atoms with Gasteiger partial charge in [-0.15, -0.1) is 0 Å². The van der Waals surface area contributed by atoms with Crippen molar-refractivity contribution in [2.45, 2.75) is 32.6 Å². The molecule has 5 heteroatoms. The molecule has 1 aromatic heterocycles. The van der Waals surface area contributed by atoms with E-state index in [1.807, 2.05) is 20.8 Å². The van der Waals surface area contributed by atoms with Crippen molar-refractivity contribution in [1.82, 2.24) is 9.97 Å². The number of aromatic nitrogens is 2. The first kappa shape index (κ1) is 15.2. The first-order valence-corrected chi connectivity index (χ1v) is 7.00. The van der Waals surface area contributed by atoms with Gasteiger partial charge in [-0.25, -0.2) is 14.4 Å². The highest BCUT2D eigenvalue weighted by Crippen LogP contribution is 2.25. The third-order valence-corrected chi connectivity index (χ3v) is 3.45. The van der Waals surface area contributed by atoms with Crippen molar-refractivity contribution < 1.29 is 4.39 Å². The van der Waals surface area contributed by atoms with E-state index in [1.165, 1.54) is 6.07 Å². The molecule has 0 saturated heterocycles. The molecule has 0 saturated carbocycles. The SMILES string of the molecule is CC(C)(C)c1cc(Cl)nc(Cc2c(F)cccc2Cl)n1. The Morgan fingerprint density at radius 1 is 1.15 bits per heavy atom. The van der Waals surface area contributed by atoms with E-state index < -0.39 is 0 Å². The Morgan fingerprint density at radius 2 is 1.85 bits per heavy atom. The first-order chi connectivity index (χ1) is 9.27. The number of hydrogen-bond acceptors (Lipinski definition) is 2. The van der Waals surface area contributed by atoms with E-state index in [2.05, 4.69) is 9.97 Å². The molecule has 2 nitrogen and oxygen atoms in total. The molecule has 1 heterocycles. The van der Waals surface area contributed by atoms with Crippen LogP contribution in [-0.2, 0) is 11.8 Å². The van der Waals surface area contributed by atoms with Gasteiger partial charge < -0.3 is 0 Å². The lowest BCUT2D eigenvalue weighted by Crippen LogP contribution is -2.15. The summed E-state index contributed by atoms with van der Waals surface area (Å²) in [4.78, 5) is 8.62. The van der Waals surface area contributed by atoms with Gasteiger partial charge in [0.2, 0.25) is 0 Å². The van der Waals surface area contributed by atoms with Crippen LogP contribution in [0.1, 0.15) is 37.9 Å². The quantitative estimate of drug-likeness (QED) is 0.744. The van der Waals surface area contributed by atoms with Crippen LogP contribution in [-0.4, -0.2) is 9.97 Å². The van der Waals surface area contributed by atoms with Gasteiger partial charge in [-0.2, -0.15) is 0 Å². The average Bonchev–Trinajstić information content (AvgIpc) is 2.32. The van der Waals surface area contributed by atoms with Gasteiger partial charge in [0.1, 0.15) is 16.8 Å². The smallest absolute Gasteiger partial charge is 0.134 e. The van der Waals surface area contributed by atoms with Crippen molar-refractivity contribution in [2.24, 2.45) is 0 Å². The monoisotopic (exact) mass is 312 g/mol.